The van der Waals surface area contributed by atoms with Crippen LogP contribution in [0.25, 0.3) is 0 Å². The van der Waals surface area contributed by atoms with Crippen molar-refractivity contribution in [2.24, 2.45) is 0 Å². The van der Waals surface area contributed by atoms with Gasteiger partial charge in [-0.2, -0.15) is 13.2 Å². The zero-order valence-corrected chi connectivity index (χ0v) is 8.13. The minimum atomic E-state index is -4.43. The van der Waals surface area contributed by atoms with E-state index in [1.54, 1.807) is 0 Å². The first kappa shape index (κ1) is 10.5. The number of hydrogen-bond donors (Lipinski definition) is 0. The number of aryl methyl sites for hydroxylation is 1. The lowest BCUT2D eigenvalue weighted by Gasteiger charge is -2.10. The molecule has 0 unspecified atom stereocenters. The van der Waals surface area contributed by atoms with E-state index in [1.165, 1.54) is 6.92 Å². The smallest absolute Gasteiger partial charge is 0.206 e. The summed E-state index contributed by atoms with van der Waals surface area (Å²) in [6.07, 6.45) is -4.43. The molecule has 1 rings (SSSR count). The third-order valence-electron chi connectivity index (χ3n) is 1.57. The number of alkyl halides is 3. The topological polar surface area (TPSA) is 0 Å². The van der Waals surface area contributed by atoms with Crippen molar-refractivity contribution in [2.45, 2.75) is 13.1 Å². The molecule has 0 saturated heterocycles. The van der Waals surface area contributed by atoms with Crippen molar-refractivity contribution < 1.29 is 17.6 Å². The first-order valence-electron chi connectivity index (χ1n) is 3.35. The van der Waals surface area contributed by atoms with Gasteiger partial charge in [0.15, 0.2) is 0 Å². The van der Waals surface area contributed by atoms with Crippen LogP contribution in [-0.2, 0) is 6.18 Å². The predicted octanol–water partition coefficient (Wildman–Crippen LogP) is 3.92. The van der Waals surface area contributed by atoms with Crippen LogP contribution in [-0.4, -0.2) is 0 Å². The Balaban J connectivity index is 3.32. The van der Waals surface area contributed by atoms with Gasteiger partial charge in [-0.25, -0.2) is 4.39 Å². The van der Waals surface area contributed by atoms with E-state index in [4.69, 9.17) is 0 Å². The Morgan fingerprint density at radius 3 is 2.23 bits per heavy atom. The van der Waals surface area contributed by atoms with E-state index in [0.717, 1.165) is 12.1 Å². The van der Waals surface area contributed by atoms with E-state index < -0.39 is 17.6 Å². The van der Waals surface area contributed by atoms with Crippen LogP contribution in [0.15, 0.2) is 16.6 Å². The van der Waals surface area contributed by atoms with Gasteiger partial charge in [0.2, 0.25) is 0 Å². The van der Waals surface area contributed by atoms with Crippen LogP contribution >= 0.6 is 15.9 Å². The highest BCUT2D eigenvalue weighted by molar-refractivity contribution is 9.10. The summed E-state index contributed by atoms with van der Waals surface area (Å²) < 4.78 is 49.2. The Labute approximate surface area is 80.7 Å². The van der Waals surface area contributed by atoms with Gasteiger partial charge >= 0.3 is 6.18 Å². The zero-order valence-electron chi connectivity index (χ0n) is 6.54. The molecule has 0 bridgehead atoms. The minimum Gasteiger partial charge on any atom is -0.206 e. The SMILES string of the molecule is Cc1cc(F)c(Br)cc1C(F)(F)F. The molecule has 0 N–H and O–H groups in total. The highest BCUT2D eigenvalue weighted by atomic mass is 79.9. The van der Waals surface area contributed by atoms with Gasteiger partial charge < -0.3 is 0 Å². The quantitative estimate of drug-likeness (QED) is 0.618. The second-order valence-electron chi connectivity index (χ2n) is 2.58. The monoisotopic (exact) mass is 256 g/mol. The summed E-state index contributed by atoms with van der Waals surface area (Å²) in [5.74, 6) is -0.689. The molecular formula is C8H5BrF4. The van der Waals surface area contributed by atoms with Crippen LogP contribution in [0.3, 0.4) is 0 Å². The van der Waals surface area contributed by atoms with Crippen molar-refractivity contribution in [1.82, 2.24) is 0 Å². The fourth-order valence-electron chi connectivity index (χ4n) is 0.952. The molecule has 0 aliphatic carbocycles. The molecule has 0 heterocycles. The molecule has 0 aliphatic rings. The van der Waals surface area contributed by atoms with Crippen LogP contribution in [0.4, 0.5) is 17.6 Å². The maximum Gasteiger partial charge on any atom is 0.416 e. The molecule has 0 atom stereocenters. The molecule has 0 amide bonds. The molecular weight excluding hydrogens is 252 g/mol. The van der Waals surface area contributed by atoms with Crippen LogP contribution in [0.2, 0.25) is 0 Å². The Hall–Kier alpha value is -0.580. The fraction of sp³-hybridized carbons (Fsp3) is 0.250. The summed E-state index contributed by atoms with van der Waals surface area (Å²) in [6, 6.07) is 1.59. The average Bonchev–Trinajstić information content (AvgIpc) is 1.94. The van der Waals surface area contributed by atoms with Crippen molar-refractivity contribution in [2.75, 3.05) is 0 Å². The molecule has 0 aliphatic heterocycles. The molecule has 0 radical (unpaired) electrons. The zero-order chi connectivity index (χ0) is 10.2. The Kier molecular flexibility index (Phi) is 2.66. The highest BCUT2D eigenvalue weighted by Crippen LogP contribution is 2.34. The number of hydrogen-bond acceptors (Lipinski definition) is 0. The summed E-state index contributed by atoms with van der Waals surface area (Å²) in [4.78, 5) is 0. The standard InChI is InChI=1S/C8H5BrF4/c1-4-2-7(10)6(9)3-5(4)8(11,12)13/h2-3H,1H3. The van der Waals surface area contributed by atoms with Crippen molar-refractivity contribution in [1.29, 1.82) is 0 Å². The van der Waals surface area contributed by atoms with E-state index >= 15 is 0 Å². The maximum atomic E-state index is 12.7. The van der Waals surface area contributed by atoms with E-state index in [9.17, 15) is 17.6 Å². The summed E-state index contributed by atoms with van der Waals surface area (Å²) in [5, 5.41) is 0. The Morgan fingerprint density at radius 1 is 1.23 bits per heavy atom. The van der Waals surface area contributed by atoms with Crippen LogP contribution < -0.4 is 0 Å². The minimum absolute atomic E-state index is 0.117. The molecule has 13 heavy (non-hydrogen) atoms. The van der Waals surface area contributed by atoms with Crippen LogP contribution in [0, 0.1) is 12.7 Å². The second kappa shape index (κ2) is 3.29. The van der Waals surface area contributed by atoms with Gasteiger partial charge in [0.05, 0.1) is 10.0 Å². The third kappa shape index (κ3) is 2.21. The van der Waals surface area contributed by atoms with Gasteiger partial charge in [-0.1, -0.05) is 0 Å². The largest absolute Gasteiger partial charge is 0.416 e. The van der Waals surface area contributed by atoms with Crippen molar-refractivity contribution in [3.05, 3.63) is 33.5 Å². The van der Waals surface area contributed by atoms with Crippen molar-refractivity contribution in [3.63, 3.8) is 0 Å². The molecule has 5 heteroatoms. The summed E-state index contributed by atoms with van der Waals surface area (Å²) in [7, 11) is 0. The van der Waals surface area contributed by atoms with Crippen LogP contribution in [0.5, 0.6) is 0 Å². The molecule has 0 aromatic heterocycles. The summed E-state index contributed by atoms with van der Waals surface area (Å²) in [5.41, 5.74) is -0.936. The number of rotatable bonds is 0. The van der Waals surface area contributed by atoms with Gasteiger partial charge in [-0.15, -0.1) is 0 Å². The van der Waals surface area contributed by atoms with Gasteiger partial charge in [0.25, 0.3) is 0 Å². The van der Waals surface area contributed by atoms with Gasteiger partial charge in [0, 0.05) is 0 Å². The number of benzene rings is 1. The Bertz CT molecular complexity index is 330. The predicted molar refractivity (Wildman–Crippen MR) is 43.8 cm³/mol. The normalized spacial score (nSPS) is 11.8. The molecule has 72 valence electrons. The third-order valence-corrected chi connectivity index (χ3v) is 2.18. The maximum absolute atomic E-state index is 12.7. The van der Waals surface area contributed by atoms with Gasteiger partial charge in [0.1, 0.15) is 5.82 Å². The lowest BCUT2D eigenvalue weighted by molar-refractivity contribution is -0.138. The summed E-state index contributed by atoms with van der Waals surface area (Å²) in [6.45, 7) is 1.22. The molecule has 0 saturated carbocycles. The second-order valence-corrected chi connectivity index (χ2v) is 3.43. The first-order valence-corrected chi connectivity index (χ1v) is 4.14. The van der Waals surface area contributed by atoms with E-state index in [2.05, 4.69) is 15.9 Å². The number of halogens is 5. The van der Waals surface area contributed by atoms with Crippen LogP contribution in [0.1, 0.15) is 11.1 Å². The molecule has 0 fully saturated rings. The van der Waals surface area contributed by atoms with Gasteiger partial charge in [-0.3, -0.25) is 0 Å². The van der Waals surface area contributed by atoms with Gasteiger partial charge in [-0.05, 0) is 40.5 Å². The lowest BCUT2D eigenvalue weighted by atomic mass is 10.1. The van der Waals surface area contributed by atoms with E-state index in [1.807, 2.05) is 0 Å². The first-order chi connectivity index (χ1) is 5.82. The molecule has 1 aromatic rings. The molecule has 1 aromatic carbocycles. The Morgan fingerprint density at radius 2 is 1.77 bits per heavy atom. The molecule has 0 spiro atoms. The average molecular weight is 257 g/mol. The lowest BCUT2D eigenvalue weighted by Crippen LogP contribution is -2.07. The molecule has 0 nitrogen and oxygen atoms in total. The highest BCUT2D eigenvalue weighted by Gasteiger charge is 2.32. The van der Waals surface area contributed by atoms with E-state index in [0.29, 0.717) is 0 Å². The van der Waals surface area contributed by atoms with Crippen molar-refractivity contribution in [3.8, 4) is 0 Å². The summed E-state index contributed by atoms with van der Waals surface area (Å²) >= 11 is 2.70. The van der Waals surface area contributed by atoms with E-state index in [-0.39, 0.29) is 10.0 Å². The fourth-order valence-corrected chi connectivity index (χ4v) is 1.30. The van der Waals surface area contributed by atoms with Crippen molar-refractivity contribution >= 4 is 15.9 Å².